The first-order valence-electron chi connectivity index (χ1n) is 11.2. The van der Waals surface area contributed by atoms with Crippen molar-refractivity contribution in [3.63, 3.8) is 0 Å². The summed E-state index contributed by atoms with van der Waals surface area (Å²) >= 11 is 0. The van der Waals surface area contributed by atoms with Crippen molar-refractivity contribution in [3.8, 4) is 0 Å². The predicted molar refractivity (Wildman–Crippen MR) is 124 cm³/mol. The summed E-state index contributed by atoms with van der Waals surface area (Å²) in [6, 6.07) is 9.08. The van der Waals surface area contributed by atoms with Crippen molar-refractivity contribution < 1.29 is 9.59 Å². The molecule has 0 spiro atoms. The minimum absolute atomic E-state index is 0.0812. The molecule has 2 aliphatic carbocycles. The van der Waals surface area contributed by atoms with Gasteiger partial charge in [-0.15, -0.1) is 0 Å². The highest BCUT2D eigenvalue weighted by Crippen LogP contribution is 2.42. The molecule has 30 heavy (non-hydrogen) atoms. The van der Waals surface area contributed by atoms with Gasteiger partial charge in [0.05, 0.1) is 0 Å². The zero-order valence-electron chi connectivity index (χ0n) is 19.0. The third kappa shape index (κ3) is 5.46. The van der Waals surface area contributed by atoms with Crippen LogP contribution in [0.2, 0.25) is 0 Å². The largest absolute Gasteiger partial charge is 0.306 e. The summed E-state index contributed by atoms with van der Waals surface area (Å²) in [5.74, 6) is 0.0744. The van der Waals surface area contributed by atoms with E-state index in [-0.39, 0.29) is 17.5 Å². The zero-order chi connectivity index (χ0) is 21.7. The average Bonchev–Trinajstić information content (AvgIpc) is 3.11. The van der Waals surface area contributed by atoms with Gasteiger partial charge in [0.1, 0.15) is 11.6 Å². The Hall–Kier alpha value is -2.26. The van der Waals surface area contributed by atoms with E-state index >= 15 is 0 Å². The molecule has 0 radical (unpaired) electrons. The number of hydrogen-bond acceptors (Lipinski definition) is 3. The molecule has 1 atom stereocenters. The van der Waals surface area contributed by atoms with Gasteiger partial charge in [-0.1, -0.05) is 54.5 Å². The van der Waals surface area contributed by atoms with E-state index in [0.717, 1.165) is 0 Å². The molecule has 1 aromatic carbocycles. The predicted octanol–water partition coefficient (Wildman–Crippen LogP) is 5.56. The van der Waals surface area contributed by atoms with E-state index < -0.39 is 0 Å². The van der Waals surface area contributed by atoms with Crippen LogP contribution in [0.5, 0.6) is 0 Å². The molecule has 0 N–H and O–H groups in total. The number of fused-ring (bicyclic) bond motifs is 1. The molecule has 1 heterocycles. The van der Waals surface area contributed by atoms with E-state index in [1.807, 2.05) is 0 Å². The number of nitrogens with zero attached hydrogens (tertiary/aromatic N) is 1. The maximum atomic E-state index is 10.5. The quantitative estimate of drug-likeness (QED) is 0.661. The molecule has 0 aromatic heterocycles. The van der Waals surface area contributed by atoms with Crippen LogP contribution in [0.4, 0.5) is 0 Å². The fourth-order valence-corrected chi connectivity index (χ4v) is 4.55. The van der Waals surface area contributed by atoms with Gasteiger partial charge in [0.25, 0.3) is 0 Å². The normalized spacial score (nSPS) is 19.5. The number of Topliss-reactive ketones (excluding diaryl/α,β-unsaturated/α-hetero) is 2. The number of likely N-dealkylation sites (tertiary alicyclic amines) is 1. The van der Waals surface area contributed by atoms with Crippen molar-refractivity contribution in [2.45, 2.75) is 59.3 Å². The summed E-state index contributed by atoms with van der Waals surface area (Å²) in [4.78, 5) is 23.4. The van der Waals surface area contributed by atoms with Gasteiger partial charge in [-0.05, 0) is 75.3 Å². The van der Waals surface area contributed by atoms with Gasteiger partial charge in [0.15, 0.2) is 0 Å². The Balaban J connectivity index is 0.000000244. The van der Waals surface area contributed by atoms with Crippen LogP contribution < -0.4 is 0 Å². The van der Waals surface area contributed by atoms with Crippen LogP contribution in [0, 0.1) is 5.92 Å². The van der Waals surface area contributed by atoms with Crippen LogP contribution in [-0.2, 0) is 16.0 Å². The van der Waals surface area contributed by atoms with Crippen LogP contribution in [0.25, 0.3) is 5.57 Å². The lowest BCUT2D eigenvalue weighted by Crippen LogP contribution is -2.27. The smallest absolute Gasteiger partial charge is 0.133 e. The first kappa shape index (κ1) is 22.4. The third-order valence-corrected chi connectivity index (χ3v) is 6.51. The second-order valence-corrected chi connectivity index (χ2v) is 8.98. The topological polar surface area (TPSA) is 37.4 Å². The number of piperidine rings is 1. The van der Waals surface area contributed by atoms with E-state index in [1.54, 1.807) is 34.8 Å². The summed E-state index contributed by atoms with van der Waals surface area (Å²) in [5.41, 5.74) is 9.53. The lowest BCUT2D eigenvalue weighted by Gasteiger charge is -2.27. The molecular formula is C27H35NO2. The van der Waals surface area contributed by atoms with Crippen molar-refractivity contribution in [3.05, 3.63) is 64.3 Å². The lowest BCUT2D eigenvalue weighted by atomic mass is 9.86. The van der Waals surface area contributed by atoms with Crippen molar-refractivity contribution in [2.75, 3.05) is 20.1 Å². The summed E-state index contributed by atoms with van der Waals surface area (Å²) in [6.07, 6.45) is 11.2. The minimum Gasteiger partial charge on any atom is -0.306 e. The zero-order valence-corrected chi connectivity index (χ0v) is 19.0. The number of carbonyl (C=O) groups excluding carboxylic acids is 2. The van der Waals surface area contributed by atoms with E-state index in [4.69, 9.17) is 0 Å². The van der Waals surface area contributed by atoms with Gasteiger partial charge >= 0.3 is 0 Å². The van der Waals surface area contributed by atoms with Crippen LogP contribution in [0.15, 0.2) is 53.1 Å². The minimum atomic E-state index is -0.0949. The third-order valence-electron chi connectivity index (χ3n) is 6.51. The van der Waals surface area contributed by atoms with Crippen LogP contribution in [-0.4, -0.2) is 36.6 Å². The average molecular weight is 406 g/mol. The summed E-state index contributed by atoms with van der Waals surface area (Å²) < 4.78 is 0. The van der Waals surface area contributed by atoms with Gasteiger partial charge in [0, 0.05) is 25.4 Å². The summed E-state index contributed by atoms with van der Waals surface area (Å²) in [6.45, 7) is 7.18. The highest BCUT2D eigenvalue weighted by Gasteiger charge is 2.25. The fraction of sp³-hybridized carbons (Fsp3) is 0.481. The van der Waals surface area contributed by atoms with Gasteiger partial charge in [-0.2, -0.15) is 0 Å². The Morgan fingerprint density at radius 2 is 1.70 bits per heavy atom. The number of hydrogen-bond donors (Lipinski definition) is 0. The molecule has 3 heteroatoms. The van der Waals surface area contributed by atoms with Gasteiger partial charge in [-0.25, -0.2) is 0 Å². The molecule has 1 saturated heterocycles. The van der Waals surface area contributed by atoms with Gasteiger partial charge < -0.3 is 9.69 Å². The van der Waals surface area contributed by atoms with E-state index in [2.05, 4.69) is 48.4 Å². The molecule has 160 valence electrons. The van der Waals surface area contributed by atoms with Gasteiger partial charge in [-0.3, -0.25) is 4.79 Å². The Kier molecular flexibility index (Phi) is 7.60. The molecule has 1 aliphatic heterocycles. The van der Waals surface area contributed by atoms with Crippen LogP contribution in [0.3, 0.4) is 0 Å². The van der Waals surface area contributed by atoms with Crippen molar-refractivity contribution in [1.29, 1.82) is 0 Å². The van der Waals surface area contributed by atoms with Crippen molar-refractivity contribution in [2.24, 2.45) is 5.92 Å². The molecule has 0 amide bonds. The molecule has 0 bridgehead atoms. The first-order valence-corrected chi connectivity index (χ1v) is 11.2. The summed E-state index contributed by atoms with van der Waals surface area (Å²) in [7, 11) is 2.24. The second kappa shape index (κ2) is 10.2. The molecule has 3 aliphatic rings. The lowest BCUT2D eigenvalue weighted by molar-refractivity contribution is -0.125. The van der Waals surface area contributed by atoms with Crippen molar-refractivity contribution >= 4 is 17.1 Å². The van der Waals surface area contributed by atoms with E-state index in [0.29, 0.717) is 6.42 Å². The summed E-state index contributed by atoms with van der Waals surface area (Å²) in [5, 5.41) is 0. The Bertz CT molecular complexity index is 893. The Morgan fingerprint density at radius 1 is 1.00 bits per heavy atom. The van der Waals surface area contributed by atoms with Crippen LogP contribution in [0.1, 0.15) is 64.0 Å². The van der Waals surface area contributed by atoms with E-state index in [9.17, 15) is 9.59 Å². The van der Waals surface area contributed by atoms with Crippen molar-refractivity contribution in [1.82, 2.24) is 4.90 Å². The fourth-order valence-electron chi connectivity index (χ4n) is 4.55. The first-order chi connectivity index (χ1) is 14.4. The molecule has 4 rings (SSSR count). The molecular weight excluding hydrogens is 370 g/mol. The highest BCUT2D eigenvalue weighted by molar-refractivity contribution is 5.88. The number of benzene rings is 1. The highest BCUT2D eigenvalue weighted by atomic mass is 16.1. The number of aryl methyl sites for hydroxylation is 1. The number of ketones is 2. The molecule has 1 aromatic rings. The Labute approximate surface area is 181 Å². The second-order valence-electron chi connectivity index (χ2n) is 8.98. The van der Waals surface area contributed by atoms with E-state index in [1.165, 1.54) is 64.6 Å². The van der Waals surface area contributed by atoms with Crippen LogP contribution >= 0.6 is 0 Å². The molecule has 0 saturated carbocycles. The number of rotatable bonds is 3. The molecule has 1 fully saturated rings. The SMILES string of the molecule is CC(=O)CC(C)C(C)=O.CN1CCC(=C2C3=C(CC=C3)CCc3ccccc32)CC1. The monoisotopic (exact) mass is 405 g/mol. The molecule has 1 unspecified atom stereocenters. The maximum absolute atomic E-state index is 10.5. The molecule has 3 nitrogen and oxygen atoms in total. The number of carbonyl (C=O) groups is 2. The Morgan fingerprint density at radius 3 is 2.33 bits per heavy atom. The van der Waals surface area contributed by atoms with Gasteiger partial charge in [0.2, 0.25) is 0 Å². The standard InChI is InChI=1S/C20H23N.C7H12O2/c1-21-13-11-17(12-14-21)20-18-7-3-2-5-15(18)9-10-16-6-4-8-19(16)20;1-5(7(3)9)4-6(2)8/h2-5,7-8H,6,9-14H2,1H3;5H,4H2,1-3H3. The number of allylic oxidation sites excluding steroid dienone is 5. The maximum Gasteiger partial charge on any atom is 0.133 e.